The van der Waals surface area contributed by atoms with Gasteiger partial charge in [0.2, 0.25) is 0 Å². The summed E-state index contributed by atoms with van der Waals surface area (Å²) in [6.45, 7) is 8.57. The fourth-order valence-electron chi connectivity index (χ4n) is 2.00. The van der Waals surface area contributed by atoms with E-state index in [1.807, 2.05) is 11.6 Å². The molecule has 1 aromatic heterocycles. The van der Waals surface area contributed by atoms with Crippen LogP contribution in [0.5, 0.6) is 0 Å². The molecule has 1 aromatic rings. The smallest absolute Gasteiger partial charge is 0.0798 e. The maximum absolute atomic E-state index is 5.50. The molecule has 1 N–H and O–H groups in total. The molecule has 0 aromatic carbocycles. The lowest BCUT2D eigenvalue weighted by Crippen LogP contribution is -2.30. The molecule has 15 heavy (non-hydrogen) atoms. The minimum Gasteiger partial charge on any atom is -0.381 e. The number of aryl methyl sites for hydroxylation is 1. The summed E-state index contributed by atoms with van der Waals surface area (Å²) in [6.07, 6.45) is 2.17. The third kappa shape index (κ3) is 2.21. The molecule has 0 aliphatic carbocycles. The van der Waals surface area contributed by atoms with Gasteiger partial charge in [-0.15, -0.1) is 0 Å². The molecular weight excluding hydrogens is 190 g/mol. The van der Waals surface area contributed by atoms with Crippen LogP contribution in [0.2, 0.25) is 0 Å². The van der Waals surface area contributed by atoms with Crippen LogP contribution in [0.25, 0.3) is 0 Å². The van der Waals surface area contributed by atoms with Gasteiger partial charge < -0.3 is 10.1 Å². The number of hydrogen-bond acceptors (Lipinski definition) is 3. The van der Waals surface area contributed by atoms with E-state index in [2.05, 4.69) is 23.5 Å². The van der Waals surface area contributed by atoms with Gasteiger partial charge in [-0.05, 0) is 13.8 Å². The number of fused-ring (bicyclic) bond motifs is 1. The molecule has 1 aliphatic heterocycles. The van der Waals surface area contributed by atoms with Crippen molar-refractivity contribution in [2.75, 3.05) is 19.8 Å². The minimum absolute atomic E-state index is 0.467. The van der Waals surface area contributed by atoms with Crippen LogP contribution in [0.3, 0.4) is 0 Å². The van der Waals surface area contributed by atoms with Gasteiger partial charge in [0.05, 0.1) is 12.3 Å². The maximum Gasteiger partial charge on any atom is 0.0798 e. The van der Waals surface area contributed by atoms with Crippen LogP contribution < -0.4 is 5.32 Å². The van der Waals surface area contributed by atoms with Gasteiger partial charge in [0.15, 0.2) is 0 Å². The molecule has 4 heteroatoms. The number of ether oxygens (including phenoxy) is 1. The lowest BCUT2D eigenvalue weighted by Gasteiger charge is -2.21. The van der Waals surface area contributed by atoms with Crippen LogP contribution in [-0.4, -0.2) is 29.5 Å². The highest BCUT2D eigenvalue weighted by Crippen LogP contribution is 2.23. The lowest BCUT2D eigenvalue weighted by molar-refractivity contribution is 0.129. The van der Waals surface area contributed by atoms with Crippen molar-refractivity contribution in [3.63, 3.8) is 0 Å². The third-order valence-electron chi connectivity index (χ3n) is 2.84. The fraction of sp³-hybridized carbons (Fsp3) is 0.727. The van der Waals surface area contributed by atoms with Crippen LogP contribution in [0.4, 0.5) is 0 Å². The average Bonchev–Trinajstić information content (AvgIpc) is 2.69. The Morgan fingerprint density at radius 2 is 2.47 bits per heavy atom. The summed E-state index contributed by atoms with van der Waals surface area (Å²) in [5.74, 6) is 0.467. The summed E-state index contributed by atoms with van der Waals surface area (Å²) >= 11 is 0. The van der Waals surface area contributed by atoms with Crippen molar-refractivity contribution in [1.29, 1.82) is 0 Å². The predicted octanol–water partition coefficient (Wildman–Crippen LogP) is 1.13. The van der Waals surface area contributed by atoms with Gasteiger partial charge in [-0.1, -0.05) is 0 Å². The van der Waals surface area contributed by atoms with E-state index < -0.39 is 0 Å². The molecular formula is C11H19N3O. The maximum atomic E-state index is 5.50. The Morgan fingerprint density at radius 3 is 3.20 bits per heavy atom. The van der Waals surface area contributed by atoms with Crippen molar-refractivity contribution in [3.8, 4) is 0 Å². The van der Waals surface area contributed by atoms with E-state index in [-0.39, 0.29) is 0 Å². The molecule has 0 saturated carbocycles. The summed E-state index contributed by atoms with van der Waals surface area (Å²) in [4.78, 5) is 0. The number of nitrogens with zero attached hydrogens (tertiary/aromatic N) is 2. The van der Waals surface area contributed by atoms with Crippen LogP contribution in [-0.2, 0) is 17.8 Å². The van der Waals surface area contributed by atoms with E-state index in [1.54, 1.807) is 0 Å². The first-order chi connectivity index (χ1) is 7.35. The highest BCUT2D eigenvalue weighted by atomic mass is 16.5. The Kier molecular flexibility index (Phi) is 3.38. The van der Waals surface area contributed by atoms with Crippen LogP contribution in [0.1, 0.15) is 31.0 Å². The Balaban J connectivity index is 2.14. The summed E-state index contributed by atoms with van der Waals surface area (Å²) in [5.41, 5.74) is 2.55. The Morgan fingerprint density at radius 1 is 1.60 bits per heavy atom. The van der Waals surface area contributed by atoms with Crippen LogP contribution in [0.15, 0.2) is 6.20 Å². The zero-order chi connectivity index (χ0) is 10.7. The fourth-order valence-corrected chi connectivity index (χ4v) is 2.00. The van der Waals surface area contributed by atoms with Gasteiger partial charge in [-0.25, -0.2) is 0 Å². The van der Waals surface area contributed by atoms with Gasteiger partial charge in [0, 0.05) is 43.9 Å². The standard InChI is InChI=1S/C11H19N3O/c1-3-14-7-10-9(8-15-4-2)5-12-6-11(10)13-14/h7,9,12H,3-6,8H2,1-2H3/t9-/m0/s1. The number of hydrogen-bond donors (Lipinski definition) is 1. The number of nitrogens with one attached hydrogen (secondary N) is 1. The molecule has 0 amide bonds. The summed E-state index contributed by atoms with van der Waals surface area (Å²) in [6, 6.07) is 0. The molecule has 2 heterocycles. The minimum atomic E-state index is 0.467. The van der Waals surface area contributed by atoms with E-state index in [0.29, 0.717) is 5.92 Å². The number of aromatic nitrogens is 2. The lowest BCUT2D eigenvalue weighted by atomic mass is 9.97. The first-order valence-electron chi connectivity index (χ1n) is 5.69. The highest BCUT2D eigenvalue weighted by molar-refractivity contribution is 5.25. The van der Waals surface area contributed by atoms with Crippen molar-refractivity contribution in [2.45, 2.75) is 32.9 Å². The SMILES string of the molecule is CCOC[C@@H]1CNCc2nn(CC)cc21. The van der Waals surface area contributed by atoms with Crippen molar-refractivity contribution in [3.05, 3.63) is 17.5 Å². The molecule has 1 aliphatic rings. The van der Waals surface area contributed by atoms with E-state index in [1.165, 1.54) is 11.3 Å². The Hall–Kier alpha value is -0.870. The molecule has 0 spiro atoms. The van der Waals surface area contributed by atoms with Crippen molar-refractivity contribution >= 4 is 0 Å². The Bertz CT molecular complexity index is 322. The monoisotopic (exact) mass is 209 g/mol. The first kappa shape index (κ1) is 10.6. The van der Waals surface area contributed by atoms with Gasteiger partial charge >= 0.3 is 0 Å². The Labute approximate surface area is 90.6 Å². The van der Waals surface area contributed by atoms with Crippen LogP contribution in [0, 0.1) is 0 Å². The normalized spacial score (nSPS) is 20.3. The van der Waals surface area contributed by atoms with Gasteiger partial charge in [-0.2, -0.15) is 5.10 Å². The zero-order valence-electron chi connectivity index (χ0n) is 9.49. The molecule has 2 rings (SSSR count). The average molecular weight is 209 g/mol. The van der Waals surface area contributed by atoms with Crippen molar-refractivity contribution in [1.82, 2.24) is 15.1 Å². The number of rotatable bonds is 4. The molecule has 0 saturated heterocycles. The highest BCUT2D eigenvalue weighted by Gasteiger charge is 2.22. The van der Waals surface area contributed by atoms with E-state index >= 15 is 0 Å². The van der Waals surface area contributed by atoms with Crippen LogP contribution >= 0.6 is 0 Å². The topological polar surface area (TPSA) is 39.1 Å². The third-order valence-corrected chi connectivity index (χ3v) is 2.84. The summed E-state index contributed by atoms with van der Waals surface area (Å²) < 4.78 is 7.51. The molecule has 0 radical (unpaired) electrons. The second-order valence-electron chi connectivity index (χ2n) is 3.87. The predicted molar refractivity (Wildman–Crippen MR) is 58.8 cm³/mol. The van der Waals surface area contributed by atoms with E-state index in [0.717, 1.165) is 32.8 Å². The van der Waals surface area contributed by atoms with E-state index in [4.69, 9.17) is 4.74 Å². The van der Waals surface area contributed by atoms with Crippen molar-refractivity contribution < 1.29 is 4.74 Å². The second kappa shape index (κ2) is 4.77. The molecule has 84 valence electrons. The molecule has 0 unspecified atom stereocenters. The zero-order valence-corrected chi connectivity index (χ0v) is 9.49. The van der Waals surface area contributed by atoms with E-state index in [9.17, 15) is 0 Å². The second-order valence-corrected chi connectivity index (χ2v) is 3.87. The van der Waals surface area contributed by atoms with Gasteiger partial charge in [0.25, 0.3) is 0 Å². The first-order valence-corrected chi connectivity index (χ1v) is 5.69. The molecule has 4 nitrogen and oxygen atoms in total. The quantitative estimate of drug-likeness (QED) is 0.808. The van der Waals surface area contributed by atoms with Crippen molar-refractivity contribution in [2.24, 2.45) is 0 Å². The largest absolute Gasteiger partial charge is 0.381 e. The summed E-state index contributed by atoms with van der Waals surface area (Å²) in [5, 5.41) is 7.91. The summed E-state index contributed by atoms with van der Waals surface area (Å²) in [7, 11) is 0. The molecule has 0 fully saturated rings. The molecule has 1 atom stereocenters. The van der Waals surface area contributed by atoms with Gasteiger partial charge in [0.1, 0.15) is 0 Å². The van der Waals surface area contributed by atoms with Gasteiger partial charge in [-0.3, -0.25) is 4.68 Å². The molecule has 0 bridgehead atoms.